The number of hydrogen-bond donors (Lipinski definition) is 1. The van der Waals surface area contributed by atoms with E-state index in [-0.39, 0.29) is 0 Å². The molecular weight excluding hydrogens is 258 g/mol. The van der Waals surface area contributed by atoms with Crippen molar-refractivity contribution < 1.29 is 4.74 Å². The highest BCUT2D eigenvalue weighted by atomic mass is 32.1. The minimum atomic E-state index is 0.637. The number of rotatable bonds is 6. The Labute approximate surface area is 117 Å². The predicted molar refractivity (Wildman–Crippen MR) is 77.8 cm³/mol. The number of hydrogen-bond acceptors (Lipinski definition) is 5. The summed E-state index contributed by atoms with van der Waals surface area (Å²) in [5.41, 5.74) is 5.15. The average molecular weight is 277 g/mol. The van der Waals surface area contributed by atoms with Gasteiger partial charge in [-0.15, -0.1) is 11.3 Å². The van der Waals surface area contributed by atoms with Crippen LogP contribution >= 0.6 is 11.3 Å². The van der Waals surface area contributed by atoms with Crippen LogP contribution < -0.4 is 10.1 Å². The number of aryl methyl sites for hydroxylation is 2. The third-order valence-electron chi connectivity index (χ3n) is 2.79. The first-order valence-corrected chi connectivity index (χ1v) is 7.21. The molecule has 1 N–H and O–H groups in total. The van der Waals surface area contributed by atoms with E-state index in [2.05, 4.69) is 21.4 Å². The van der Waals surface area contributed by atoms with Crippen molar-refractivity contribution in [1.82, 2.24) is 15.3 Å². The Morgan fingerprint density at radius 3 is 2.84 bits per heavy atom. The molecule has 5 heteroatoms. The fraction of sp³-hybridized carbons (Fsp3) is 0.429. The van der Waals surface area contributed by atoms with E-state index in [1.807, 2.05) is 32.5 Å². The average Bonchev–Trinajstić information content (AvgIpc) is 2.75. The standard InChI is InChI=1S/C14H19N3OS/c1-10-6-12(8-15-3)7-14(17-10)18-5-4-13-11(2)16-9-19-13/h6-7,9,15H,4-5,8H2,1-3H3. The molecule has 0 aliphatic carbocycles. The maximum atomic E-state index is 5.74. The lowest BCUT2D eigenvalue weighted by Gasteiger charge is -2.08. The first kappa shape index (κ1) is 14.0. The van der Waals surface area contributed by atoms with Crippen LogP contribution in [0.5, 0.6) is 5.88 Å². The molecule has 0 fully saturated rings. The monoisotopic (exact) mass is 277 g/mol. The fourth-order valence-electron chi connectivity index (χ4n) is 1.90. The molecule has 2 aromatic rings. The smallest absolute Gasteiger partial charge is 0.213 e. The van der Waals surface area contributed by atoms with Gasteiger partial charge in [0.2, 0.25) is 5.88 Å². The van der Waals surface area contributed by atoms with Gasteiger partial charge in [0, 0.05) is 29.6 Å². The summed E-state index contributed by atoms with van der Waals surface area (Å²) >= 11 is 1.68. The Morgan fingerprint density at radius 1 is 1.32 bits per heavy atom. The van der Waals surface area contributed by atoms with Crippen LogP contribution in [0.4, 0.5) is 0 Å². The van der Waals surface area contributed by atoms with Crippen molar-refractivity contribution in [1.29, 1.82) is 0 Å². The lowest BCUT2D eigenvalue weighted by Crippen LogP contribution is -2.08. The second-order valence-electron chi connectivity index (χ2n) is 4.44. The SMILES string of the molecule is CNCc1cc(C)nc(OCCc2scnc2C)c1. The van der Waals surface area contributed by atoms with Crippen LogP contribution in [0.15, 0.2) is 17.6 Å². The van der Waals surface area contributed by atoms with Crippen LogP contribution in [0.2, 0.25) is 0 Å². The highest BCUT2D eigenvalue weighted by Crippen LogP contribution is 2.15. The highest BCUT2D eigenvalue weighted by molar-refractivity contribution is 7.09. The van der Waals surface area contributed by atoms with E-state index in [1.54, 1.807) is 11.3 Å². The first-order chi connectivity index (χ1) is 9.19. The summed E-state index contributed by atoms with van der Waals surface area (Å²) in [7, 11) is 1.93. The molecule has 0 saturated carbocycles. The number of nitrogens with zero attached hydrogens (tertiary/aromatic N) is 2. The van der Waals surface area contributed by atoms with Gasteiger partial charge in [-0.25, -0.2) is 9.97 Å². The van der Waals surface area contributed by atoms with E-state index in [1.165, 1.54) is 10.4 Å². The van der Waals surface area contributed by atoms with Gasteiger partial charge < -0.3 is 10.1 Å². The molecule has 0 saturated heterocycles. The van der Waals surface area contributed by atoms with Gasteiger partial charge >= 0.3 is 0 Å². The molecule has 0 unspecified atom stereocenters. The minimum absolute atomic E-state index is 0.637. The van der Waals surface area contributed by atoms with Gasteiger partial charge in [-0.1, -0.05) is 0 Å². The normalized spacial score (nSPS) is 10.7. The Morgan fingerprint density at radius 2 is 2.16 bits per heavy atom. The van der Waals surface area contributed by atoms with Gasteiger partial charge in [-0.2, -0.15) is 0 Å². The molecule has 0 aliphatic rings. The van der Waals surface area contributed by atoms with Gasteiger partial charge in [0.05, 0.1) is 17.8 Å². The second kappa shape index (κ2) is 6.63. The molecule has 0 aromatic carbocycles. The van der Waals surface area contributed by atoms with Crippen LogP contribution in [-0.2, 0) is 13.0 Å². The maximum Gasteiger partial charge on any atom is 0.213 e. The Hall–Kier alpha value is -1.46. The maximum absolute atomic E-state index is 5.74. The lowest BCUT2D eigenvalue weighted by molar-refractivity contribution is 0.309. The quantitative estimate of drug-likeness (QED) is 0.881. The molecule has 0 bridgehead atoms. The first-order valence-electron chi connectivity index (χ1n) is 6.33. The summed E-state index contributed by atoms with van der Waals surface area (Å²) < 4.78 is 5.74. The summed E-state index contributed by atoms with van der Waals surface area (Å²) in [4.78, 5) is 9.91. The molecule has 0 aliphatic heterocycles. The van der Waals surface area contributed by atoms with E-state index in [4.69, 9.17) is 4.74 Å². The molecule has 2 aromatic heterocycles. The summed E-state index contributed by atoms with van der Waals surface area (Å²) in [5.74, 6) is 0.701. The largest absolute Gasteiger partial charge is 0.477 e. The molecule has 2 heterocycles. The van der Waals surface area contributed by atoms with E-state index < -0.39 is 0 Å². The summed E-state index contributed by atoms with van der Waals surface area (Å²) in [6.07, 6.45) is 0.882. The van der Waals surface area contributed by atoms with Crippen LogP contribution in [0, 0.1) is 13.8 Å². The van der Waals surface area contributed by atoms with Crippen molar-refractivity contribution in [3.63, 3.8) is 0 Å². The molecule has 102 valence electrons. The topological polar surface area (TPSA) is 47.0 Å². The van der Waals surface area contributed by atoms with E-state index >= 15 is 0 Å². The Bertz CT molecular complexity index is 539. The molecule has 0 amide bonds. The zero-order chi connectivity index (χ0) is 13.7. The van der Waals surface area contributed by atoms with E-state index in [0.29, 0.717) is 12.5 Å². The lowest BCUT2D eigenvalue weighted by atomic mass is 10.2. The fourth-order valence-corrected chi connectivity index (χ4v) is 2.66. The van der Waals surface area contributed by atoms with Crippen molar-refractivity contribution in [2.75, 3.05) is 13.7 Å². The molecule has 4 nitrogen and oxygen atoms in total. The van der Waals surface area contributed by atoms with Gasteiger partial charge in [0.15, 0.2) is 0 Å². The molecule has 19 heavy (non-hydrogen) atoms. The minimum Gasteiger partial charge on any atom is -0.477 e. The Kier molecular flexibility index (Phi) is 4.87. The highest BCUT2D eigenvalue weighted by Gasteiger charge is 2.04. The molecule has 0 spiro atoms. The third-order valence-corrected chi connectivity index (χ3v) is 3.79. The Balaban J connectivity index is 1.94. The third kappa shape index (κ3) is 4.01. The van der Waals surface area contributed by atoms with Crippen molar-refractivity contribution in [2.45, 2.75) is 26.8 Å². The predicted octanol–water partition coefficient (Wildman–Crippen LogP) is 2.50. The summed E-state index contributed by atoms with van der Waals surface area (Å²) in [6, 6.07) is 4.06. The van der Waals surface area contributed by atoms with Crippen molar-refractivity contribution in [2.24, 2.45) is 0 Å². The van der Waals surface area contributed by atoms with Crippen LogP contribution in [0.3, 0.4) is 0 Å². The molecule has 2 rings (SSSR count). The zero-order valence-electron chi connectivity index (χ0n) is 11.6. The number of aromatic nitrogens is 2. The van der Waals surface area contributed by atoms with Crippen molar-refractivity contribution in [3.05, 3.63) is 39.5 Å². The number of thiazole rings is 1. The summed E-state index contributed by atoms with van der Waals surface area (Å²) in [5, 5.41) is 3.13. The van der Waals surface area contributed by atoms with Gasteiger partial charge in [0.1, 0.15) is 0 Å². The molecular formula is C14H19N3OS. The number of pyridine rings is 1. The van der Waals surface area contributed by atoms with Crippen LogP contribution in [-0.4, -0.2) is 23.6 Å². The summed E-state index contributed by atoms with van der Waals surface area (Å²) in [6.45, 7) is 5.48. The molecule has 0 radical (unpaired) electrons. The van der Waals surface area contributed by atoms with Crippen LogP contribution in [0.25, 0.3) is 0 Å². The van der Waals surface area contributed by atoms with Crippen LogP contribution in [0.1, 0.15) is 21.8 Å². The number of ether oxygens (including phenoxy) is 1. The van der Waals surface area contributed by atoms with E-state index in [9.17, 15) is 0 Å². The second-order valence-corrected chi connectivity index (χ2v) is 5.38. The van der Waals surface area contributed by atoms with Gasteiger partial charge in [-0.05, 0) is 32.5 Å². The number of nitrogens with one attached hydrogen (secondary N) is 1. The zero-order valence-corrected chi connectivity index (χ0v) is 12.4. The van der Waals surface area contributed by atoms with Gasteiger partial charge in [0.25, 0.3) is 0 Å². The van der Waals surface area contributed by atoms with Crippen molar-refractivity contribution in [3.8, 4) is 5.88 Å². The van der Waals surface area contributed by atoms with E-state index in [0.717, 1.165) is 24.4 Å². The van der Waals surface area contributed by atoms with Crippen molar-refractivity contribution >= 4 is 11.3 Å². The van der Waals surface area contributed by atoms with Gasteiger partial charge in [-0.3, -0.25) is 0 Å². The molecule has 0 atom stereocenters.